The molecule has 0 fully saturated rings. The predicted octanol–water partition coefficient (Wildman–Crippen LogP) is 4.07. The monoisotopic (exact) mass is 442 g/mol. The summed E-state index contributed by atoms with van der Waals surface area (Å²) < 4.78 is 41.9. The van der Waals surface area contributed by atoms with Gasteiger partial charge < -0.3 is 9.47 Å². The predicted molar refractivity (Wildman–Crippen MR) is 114 cm³/mol. The van der Waals surface area contributed by atoms with Crippen molar-refractivity contribution in [2.24, 2.45) is 0 Å². The van der Waals surface area contributed by atoms with E-state index in [0.717, 1.165) is 5.56 Å². The zero-order valence-corrected chi connectivity index (χ0v) is 17.6. The molecular weight excluding hydrogens is 424 g/mol. The standard InChI is InChI=1S/C20H18N4O4S2/c1-27-14-15-8-9-17(30(25,26)23-20-21-11-13-29-20)19(18(15)24-12-5-10-22-24)28-16-6-3-2-4-7-16/h2-13H,14H2,1H3,(H,21,23). The highest BCUT2D eigenvalue weighted by Gasteiger charge is 2.27. The van der Waals surface area contributed by atoms with Gasteiger partial charge in [-0.1, -0.05) is 24.3 Å². The van der Waals surface area contributed by atoms with E-state index in [1.165, 1.54) is 23.6 Å². The lowest BCUT2D eigenvalue weighted by molar-refractivity contribution is 0.184. The minimum Gasteiger partial charge on any atom is -0.454 e. The van der Waals surface area contributed by atoms with Crippen molar-refractivity contribution >= 4 is 26.5 Å². The molecule has 0 aliphatic carbocycles. The molecule has 0 aliphatic heterocycles. The first-order chi connectivity index (χ1) is 14.6. The van der Waals surface area contributed by atoms with Crippen LogP contribution in [0.2, 0.25) is 0 Å². The average molecular weight is 443 g/mol. The minimum absolute atomic E-state index is 0.0353. The van der Waals surface area contributed by atoms with Gasteiger partial charge in [-0.3, -0.25) is 4.72 Å². The zero-order chi connectivity index (χ0) is 21.0. The lowest BCUT2D eigenvalue weighted by Crippen LogP contribution is -2.16. The van der Waals surface area contributed by atoms with Gasteiger partial charge in [-0.05, 0) is 24.3 Å². The van der Waals surface area contributed by atoms with Crippen LogP contribution >= 0.6 is 11.3 Å². The Hall–Kier alpha value is -3.21. The number of nitrogens with zero attached hydrogens (tertiary/aromatic N) is 3. The molecule has 2 heterocycles. The molecule has 2 aromatic carbocycles. The summed E-state index contributed by atoms with van der Waals surface area (Å²) >= 11 is 1.19. The van der Waals surface area contributed by atoms with Gasteiger partial charge in [0.2, 0.25) is 0 Å². The first kappa shape index (κ1) is 20.1. The number of para-hydroxylation sites is 1. The first-order valence-electron chi connectivity index (χ1n) is 8.88. The summed E-state index contributed by atoms with van der Waals surface area (Å²) in [6.07, 6.45) is 4.86. The summed E-state index contributed by atoms with van der Waals surface area (Å²) in [6.45, 7) is 0.251. The lowest BCUT2D eigenvalue weighted by Gasteiger charge is -2.19. The van der Waals surface area contributed by atoms with E-state index in [4.69, 9.17) is 9.47 Å². The molecule has 0 spiro atoms. The van der Waals surface area contributed by atoms with E-state index >= 15 is 0 Å². The molecule has 4 rings (SSSR count). The lowest BCUT2D eigenvalue weighted by atomic mass is 10.1. The van der Waals surface area contributed by atoms with Crippen LogP contribution in [0.15, 0.2) is 77.4 Å². The van der Waals surface area contributed by atoms with Gasteiger partial charge in [0, 0.05) is 36.6 Å². The molecule has 0 aliphatic rings. The number of hydrogen-bond donors (Lipinski definition) is 1. The topological polar surface area (TPSA) is 95.3 Å². The Morgan fingerprint density at radius 1 is 1.10 bits per heavy atom. The fraction of sp³-hybridized carbons (Fsp3) is 0.100. The average Bonchev–Trinajstić information content (AvgIpc) is 3.43. The number of nitrogens with one attached hydrogen (secondary N) is 1. The number of sulfonamides is 1. The van der Waals surface area contributed by atoms with Crippen molar-refractivity contribution in [1.82, 2.24) is 14.8 Å². The van der Waals surface area contributed by atoms with Gasteiger partial charge in [-0.15, -0.1) is 11.3 Å². The molecule has 0 radical (unpaired) electrons. The van der Waals surface area contributed by atoms with Crippen LogP contribution in [0.1, 0.15) is 5.56 Å². The third kappa shape index (κ3) is 4.20. The van der Waals surface area contributed by atoms with Gasteiger partial charge in [0.1, 0.15) is 16.3 Å². The van der Waals surface area contributed by atoms with Crippen molar-refractivity contribution in [3.05, 3.63) is 78.1 Å². The van der Waals surface area contributed by atoms with Gasteiger partial charge in [-0.2, -0.15) is 5.10 Å². The fourth-order valence-corrected chi connectivity index (χ4v) is 4.79. The van der Waals surface area contributed by atoms with Crippen LogP contribution in [0.4, 0.5) is 5.13 Å². The number of benzene rings is 2. The van der Waals surface area contributed by atoms with E-state index in [2.05, 4.69) is 14.8 Å². The molecular formula is C20H18N4O4S2. The maximum absolute atomic E-state index is 13.2. The first-order valence-corrected chi connectivity index (χ1v) is 11.2. The number of methoxy groups -OCH3 is 1. The van der Waals surface area contributed by atoms with Crippen LogP contribution in [0, 0.1) is 0 Å². The highest BCUT2D eigenvalue weighted by Crippen LogP contribution is 2.38. The third-order valence-electron chi connectivity index (χ3n) is 4.12. The van der Waals surface area contributed by atoms with E-state index in [9.17, 15) is 8.42 Å². The number of rotatable bonds is 8. The molecule has 0 amide bonds. The summed E-state index contributed by atoms with van der Waals surface area (Å²) in [4.78, 5) is 3.97. The summed E-state index contributed by atoms with van der Waals surface area (Å²) in [7, 11) is -2.42. The van der Waals surface area contributed by atoms with Crippen LogP contribution in [0.3, 0.4) is 0 Å². The molecule has 8 nitrogen and oxygen atoms in total. The number of aromatic nitrogens is 3. The van der Waals surface area contributed by atoms with E-state index in [0.29, 0.717) is 11.4 Å². The molecule has 30 heavy (non-hydrogen) atoms. The molecule has 0 bridgehead atoms. The summed E-state index contributed by atoms with van der Waals surface area (Å²) in [5, 5.41) is 6.24. The van der Waals surface area contributed by atoms with Gasteiger partial charge in [0.05, 0.1) is 6.61 Å². The van der Waals surface area contributed by atoms with E-state index in [-0.39, 0.29) is 22.4 Å². The van der Waals surface area contributed by atoms with Gasteiger partial charge in [0.15, 0.2) is 10.9 Å². The van der Waals surface area contributed by atoms with Crippen molar-refractivity contribution in [2.75, 3.05) is 11.8 Å². The Kier molecular flexibility index (Phi) is 5.79. The molecule has 2 aromatic heterocycles. The van der Waals surface area contributed by atoms with Gasteiger partial charge >= 0.3 is 0 Å². The molecule has 0 saturated carbocycles. The van der Waals surface area contributed by atoms with E-state index in [1.807, 2.05) is 18.2 Å². The summed E-state index contributed by atoms with van der Waals surface area (Å²) in [5.74, 6) is 0.634. The molecule has 10 heteroatoms. The second kappa shape index (κ2) is 8.66. The minimum atomic E-state index is -3.99. The van der Waals surface area contributed by atoms with Gasteiger partial charge in [0.25, 0.3) is 10.0 Å². The maximum Gasteiger partial charge on any atom is 0.267 e. The van der Waals surface area contributed by atoms with Crippen molar-refractivity contribution in [1.29, 1.82) is 0 Å². The Morgan fingerprint density at radius 2 is 1.93 bits per heavy atom. The molecule has 0 saturated heterocycles. The van der Waals surface area contributed by atoms with Gasteiger partial charge in [-0.25, -0.2) is 18.1 Å². The number of thiazole rings is 1. The van der Waals surface area contributed by atoms with Crippen molar-refractivity contribution in [3.63, 3.8) is 0 Å². The highest BCUT2D eigenvalue weighted by atomic mass is 32.2. The second-order valence-electron chi connectivity index (χ2n) is 6.14. The quantitative estimate of drug-likeness (QED) is 0.442. The van der Waals surface area contributed by atoms with Crippen LogP contribution in [-0.4, -0.2) is 30.3 Å². The number of hydrogen-bond acceptors (Lipinski definition) is 7. The van der Waals surface area contributed by atoms with Crippen LogP contribution in [-0.2, 0) is 21.4 Å². The van der Waals surface area contributed by atoms with E-state index in [1.54, 1.807) is 53.8 Å². The van der Waals surface area contributed by atoms with Crippen LogP contribution < -0.4 is 9.46 Å². The number of ether oxygens (including phenoxy) is 2. The largest absolute Gasteiger partial charge is 0.454 e. The molecule has 0 atom stereocenters. The fourth-order valence-electron chi connectivity index (χ4n) is 2.88. The molecule has 0 unspecified atom stereocenters. The molecule has 154 valence electrons. The van der Waals surface area contributed by atoms with Crippen molar-refractivity contribution < 1.29 is 17.9 Å². The molecule has 1 N–H and O–H groups in total. The second-order valence-corrected chi connectivity index (χ2v) is 8.69. The number of anilines is 1. The van der Waals surface area contributed by atoms with Crippen molar-refractivity contribution in [2.45, 2.75) is 11.5 Å². The maximum atomic E-state index is 13.2. The Morgan fingerprint density at radius 3 is 2.60 bits per heavy atom. The zero-order valence-electron chi connectivity index (χ0n) is 15.9. The van der Waals surface area contributed by atoms with Crippen LogP contribution in [0.5, 0.6) is 11.5 Å². The smallest absolute Gasteiger partial charge is 0.267 e. The van der Waals surface area contributed by atoms with E-state index < -0.39 is 10.0 Å². The highest BCUT2D eigenvalue weighted by molar-refractivity contribution is 7.93. The Bertz CT molecular complexity index is 1210. The van der Waals surface area contributed by atoms with Crippen LogP contribution in [0.25, 0.3) is 5.69 Å². The Labute approximate surface area is 177 Å². The Balaban J connectivity index is 1.92. The van der Waals surface area contributed by atoms with Crippen molar-refractivity contribution in [3.8, 4) is 17.2 Å². The SMILES string of the molecule is COCc1ccc(S(=O)(=O)Nc2nccs2)c(Oc2ccccc2)c1-n1cccn1. The third-order valence-corrected chi connectivity index (χ3v) is 6.30. The normalized spacial score (nSPS) is 11.4. The molecule has 4 aromatic rings. The summed E-state index contributed by atoms with van der Waals surface area (Å²) in [5.41, 5.74) is 1.20. The summed E-state index contributed by atoms with van der Waals surface area (Å²) in [6, 6.07) is 13.9.